The molecule has 0 heterocycles. The van der Waals surface area contributed by atoms with E-state index in [0.29, 0.717) is 18.7 Å². The molecule has 116 valence electrons. The Hall–Kier alpha value is -2.04. The highest BCUT2D eigenvalue weighted by Gasteiger charge is 2.11. The number of anilines is 1. The van der Waals surface area contributed by atoms with E-state index in [9.17, 15) is 9.59 Å². The van der Waals surface area contributed by atoms with Gasteiger partial charge in [0.25, 0.3) is 5.91 Å². The second kappa shape index (κ2) is 8.29. The van der Waals surface area contributed by atoms with Crippen molar-refractivity contribution in [3.63, 3.8) is 0 Å². The Balaban J connectivity index is 2.51. The first kappa shape index (κ1) is 17.0. The van der Waals surface area contributed by atoms with Crippen LogP contribution < -0.4 is 16.0 Å². The molecule has 1 rings (SSSR count). The van der Waals surface area contributed by atoms with Crippen LogP contribution in [0.25, 0.3) is 0 Å². The van der Waals surface area contributed by atoms with Crippen molar-refractivity contribution in [3.05, 3.63) is 29.8 Å². The first-order valence-electron chi connectivity index (χ1n) is 7.33. The quantitative estimate of drug-likeness (QED) is 0.673. The lowest BCUT2D eigenvalue weighted by atomic mass is 10.1. The van der Waals surface area contributed by atoms with Gasteiger partial charge in [-0.1, -0.05) is 26.0 Å². The van der Waals surface area contributed by atoms with Crippen LogP contribution in [0.4, 0.5) is 5.69 Å². The Labute approximate surface area is 126 Å². The van der Waals surface area contributed by atoms with Crippen LogP contribution >= 0.6 is 0 Å². The van der Waals surface area contributed by atoms with Gasteiger partial charge in [0.1, 0.15) is 0 Å². The zero-order valence-electron chi connectivity index (χ0n) is 13.2. The highest BCUT2D eigenvalue weighted by atomic mass is 16.2. The molecule has 21 heavy (non-hydrogen) atoms. The number of hydrogen-bond acceptors (Lipinski definition) is 3. The molecule has 0 aliphatic heterocycles. The minimum Gasteiger partial charge on any atom is -0.382 e. The third-order valence-electron chi connectivity index (χ3n) is 2.85. The molecular weight excluding hydrogens is 266 g/mol. The number of benzene rings is 1. The number of amides is 2. The molecule has 0 aromatic heterocycles. The van der Waals surface area contributed by atoms with Crippen LogP contribution in [0.1, 0.15) is 38.1 Å². The largest absolute Gasteiger partial charge is 0.382 e. The van der Waals surface area contributed by atoms with Gasteiger partial charge in [0, 0.05) is 30.7 Å². The van der Waals surface area contributed by atoms with Gasteiger partial charge in [-0.3, -0.25) is 9.59 Å². The van der Waals surface area contributed by atoms with Gasteiger partial charge >= 0.3 is 0 Å². The molecule has 0 atom stereocenters. The summed E-state index contributed by atoms with van der Waals surface area (Å²) in [6.07, 6.45) is 0. The minimum atomic E-state index is -0.141. The van der Waals surface area contributed by atoms with E-state index >= 15 is 0 Å². The Morgan fingerprint density at radius 2 is 1.62 bits per heavy atom. The number of rotatable bonds is 7. The molecule has 1 aromatic carbocycles. The third-order valence-corrected chi connectivity index (χ3v) is 2.85. The summed E-state index contributed by atoms with van der Waals surface area (Å²) in [4.78, 5) is 23.6. The third kappa shape index (κ3) is 5.85. The van der Waals surface area contributed by atoms with E-state index in [2.05, 4.69) is 16.0 Å². The molecule has 0 aliphatic rings. The normalized spacial score (nSPS) is 10.6. The highest BCUT2D eigenvalue weighted by molar-refractivity contribution is 5.99. The molecule has 0 radical (unpaired) electrons. The first-order chi connectivity index (χ1) is 9.91. The van der Waals surface area contributed by atoms with Crippen molar-refractivity contribution >= 4 is 17.5 Å². The van der Waals surface area contributed by atoms with Gasteiger partial charge in [0.05, 0.1) is 5.56 Å². The molecular formula is C16H25N3O2. The maximum absolute atomic E-state index is 12.2. The second-order valence-electron chi connectivity index (χ2n) is 5.55. The van der Waals surface area contributed by atoms with Crippen molar-refractivity contribution in [1.82, 2.24) is 10.6 Å². The Morgan fingerprint density at radius 3 is 2.24 bits per heavy atom. The number of hydrogen-bond donors (Lipinski definition) is 3. The van der Waals surface area contributed by atoms with Gasteiger partial charge in [-0.2, -0.15) is 0 Å². The first-order valence-corrected chi connectivity index (χ1v) is 7.33. The van der Waals surface area contributed by atoms with Crippen molar-refractivity contribution in [1.29, 1.82) is 0 Å². The van der Waals surface area contributed by atoms with Crippen molar-refractivity contribution in [2.24, 2.45) is 5.92 Å². The average Bonchev–Trinajstić information content (AvgIpc) is 2.42. The van der Waals surface area contributed by atoms with Gasteiger partial charge < -0.3 is 16.0 Å². The molecule has 0 unspecified atom stereocenters. The standard InChI is InChI=1S/C16H25N3O2/c1-11(2)15(20)17-9-10-18-16(21)13-7-5-6-8-14(13)19-12(3)4/h5-8,11-12,19H,9-10H2,1-4H3,(H,17,20)(H,18,21). The summed E-state index contributed by atoms with van der Waals surface area (Å²) in [6.45, 7) is 8.56. The van der Waals surface area contributed by atoms with Crippen LogP contribution in [0.2, 0.25) is 0 Å². The molecule has 0 saturated heterocycles. The predicted molar refractivity (Wildman–Crippen MR) is 85.4 cm³/mol. The van der Waals surface area contributed by atoms with Gasteiger partial charge in [-0.25, -0.2) is 0 Å². The summed E-state index contributed by atoms with van der Waals surface area (Å²) in [5.74, 6) is -0.194. The van der Waals surface area contributed by atoms with Crippen LogP contribution in [-0.4, -0.2) is 30.9 Å². The zero-order valence-corrected chi connectivity index (χ0v) is 13.2. The number of carbonyl (C=O) groups is 2. The van der Waals surface area contributed by atoms with Crippen molar-refractivity contribution in [2.75, 3.05) is 18.4 Å². The fraction of sp³-hybridized carbons (Fsp3) is 0.500. The summed E-state index contributed by atoms with van der Waals surface area (Å²) >= 11 is 0. The van der Waals surface area contributed by atoms with Gasteiger partial charge in [-0.15, -0.1) is 0 Å². The number of para-hydroxylation sites is 1. The average molecular weight is 291 g/mol. The summed E-state index contributed by atoms with van der Waals surface area (Å²) in [5.41, 5.74) is 1.43. The van der Waals surface area contributed by atoms with E-state index in [4.69, 9.17) is 0 Å². The fourth-order valence-corrected chi connectivity index (χ4v) is 1.78. The van der Waals surface area contributed by atoms with Gasteiger partial charge in [0.2, 0.25) is 5.91 Å². The lowest BCUT2D eigenvalue weighted by molar-refractivity contribution is -0.123. The van der Waals surface area contributed by atoms with E-state index in [1.54, 1.807) is 6.07 Å². The highest BCUT2D eigenvalue weighted by Crippen LogP contribution is 2.15. The SMILES string of the molecule is CC(C)Nc1ccccc1C(=O)NCCNC(=O)C(C)C. The maximum Gasteiger partial charge on any atom is 0.253 e. The van der Waals surface area contributed by atoms with Crippen LogP contribution in [0.5, 0.6) is 0 Å². The maximum atomic E-state index is 12.2. The van der Waals surface area contributed by atoms with Crippen LogP contribution in [0.3, 0.4) is 0 Å². The Bertz CT molecular complexity index is 484. The molecule has 0 aliphatic carbocycles. The zero-order chi connectivity index (χ0) is 15.8. The predicted octanol–water partition coefficient (Wildman–Crippen LogP) is 2.01. The Morgan fingerprint density at radius 1 is 1.00 bits per heavy atom. The Kier molecular flexibility index (Phi) is 6.72. The molecule has 5 nitrogen and oxygen atoms in total. The van der Waals surface area contributed by atoms with Crippen LogP contribution in [0.15, 0.2) is 24.3 Å². The van der Waals surface area contributed by atoms with E-state index in [1.807, 2.05) is 45.9 Å². The molecule has 5 heteroatoms. The van der Waals surface area contributed by atoms with E-state index in [0.717, 1.165) is 5.69 Å². The summed E-state index contributed by atoms with van der Waals surface area (Å²) in [7, 11) is 0. The van der Waals surface area contributed by atoms with Crippen molar-refractivity contribution in [3.8, 4) is 0 Å². The smallest absolute Gasteiger partial charge is 0.253 e. The number of nitrogens with one attached hydrogen (secondary N) is 3. The van der Waals surface area contributed by atoms with E-state index in [1.165, 1.54) is 0 Å². The summed E-state index contributed by atoms with van der Waals surface area (Å²) in [5, 5.41) is 8.83. The van der Waals surface area contributed by atoms with E-state index < -0.39 is 0 Å². The lowest BCUT2D eigenvalue weighted by Crippen LogP contribution is -2.36. The fourth-order valence-electron chi connectivity index (χ4n) is 1.78. The molecule has 0 saturated carbocycles. The summed E-state index contributed by atoms with van der Waals surface area (Å²) in [6, 6.07) is 7.65. The monoisotopic (exact) mass is 291 g/mol. The number of carbonyl (C=O) groups excluding carboxylic acids is 2. The molecule has 0 bridgehead atoms. The van der Waals surface area contributed by atoms with Crippen molar-refractivity contribution in [2.45, 2.75) is 33.7 Å². The molecule has 3 N–H and O–H groups in total. The van der Waals surface area contributed by atoms with Gasteiger partial charge in [0.15, 0.2) is 0 Å². The van der Waals surface area contributed by atoms with Crippen molar-refractivity contribution < 1.29 is 9.59 Å². The topological polar surface area (TPSA) is 70.2 Å². The lowest BCUT2D eigenvalue weighted by Gasteiger charge is -2.14. The molecule has 2 amide bonds. The minimum absolute atomic E-state index is 0.00822. The molecule has 1 aromatic rings. The molecule has 0 fully saturated rings. The summed E-state index contributed by atoms with van der Waals surface area (Å²) < 4.78 is 0. The second-order valence-corrected chi connectivity index (χ2v) is 5.55. The van der Waals surface area contributed by atoms with Crippen LogP contribution in [-0.2, 0) is 4.79 Å². The van der Waals surface area contributed by atoms with Crippen LogP contribution in [0, 0.1) is 5.92 Å². The molecule has 0 spiro atoms. The van der Waals surface area contributed by atoms with E-state index in [-0.39, 0.29) is 23.8 Å². The van der Waals surface area contributed by atoms with Gasteiger partial charge in [-0.05, 0) is 26.0 Å².